The van der Waals surface area contributed by atoms with Crippen LogP contribution in [-0.2, 0) is 6.42 Å². The summed E-state index contributed by atoms with van der Waals surface area (Å²) in [6, 6.07) is 7.99. The Kier molecular flexibility index (Phi) is 3.97. The summed E-state index contributed by atoms with van der Waals surface area (Å²) in [6.45, 7) is 5.08. The molecule has 0 aromatic heterocycles. The van der Waals surface area contributed by atoms with Crippen LogP contribution in [0.25, 0.3) is 0 Å². The SMILES string of the molecule is CCC(C)(CN)Cc1ccccc1Cl. The molecule has 0 fully saturated rings. The first-order chi connectivity index (χ1) is 6.61. The highest BCUT2D eigenvalue weighted by atomic mass is 35.5. The van der Waals surface area contributed by atoms with Gasteiger partial charge in [0.05, 0.1) is 0 Å². The highest BCUT2D eigenvalue weighted by molar-refractivity contribution is 6.31. The summed E-state index contributed by atoms with van der Waals surface area (Å²) in [4.78, 5) is 0. The number of rotatable bonds is 4. The van der Waals surface area contributed by atoms with Crippen molar-refractivity contribution in [1.82, 2.24) is 0 Å². The number of nitrogens with two attached hydrogens (primary N) is 1. The van der Waals surface area contributed by atoms with Crippen LogP contribution in [-0.4, -0.2) is 6.54 Å². The summed E-state index contributed by atoms with van der Waals surface area (Å²) in [5.74, 6) is 0. The third kappa shape index (κ3) is 2.73. The fraction of sp³-hybridized carbons (Fsp3) is 0.500. The molecule has 1 rings (SSSR count). The first-order valence-corrected chi connectivity index (χ1v) is 5.42. The van der Waals surface area contributed by atoms with Crippen LogP contribution in [0.1, 0.15) is 25.8 Å². The lowest BCUT2D eigenvalue weighted by atomic mass is 9.81. The van der Waals surface area contributed by atoms with Crippen molar-refractivity contribution in [2.24, 2.45) is 11.1 Å². The number of benzene rings is 1. The molecule has 0 saturated heterocycles. The predicted molar refractivity (Wildman–Crippen MR) is 62.6 cm³/mol. The van der Waals surface area contributed by atoms with E-state index in [9.17, 15) is 0 Å². The van der Waals surface area contributed by atoms with Crippen molar-refractivity contribution in [2.45, 2.75) is 26.7 Å². The minimum Gasteiger partial charge on any atom is -0.330 e. The summed E-state index contributed by atoms with van der Waals surface area (Å²) < 4.78 is 0. The van der Waals surface area contributed by atoms with E-state index < -0.39 is 0 Å². The molecule has 78 valence electrons. The second-order valence-corrected chi connectivity index (χ2v) is 4.54. The Bertz CT molecular complexity index is 292. The highest BCUT2D eigenvalue weighted by Gasteiger charge is 2.21. The Morgan fingerprint density at radius 2 is 2.00 bits per heavy atom. The maximum Gasteiger partial charge on any atom is 0.0438 e. The van der Waals surface area contributed by atoms with E-state index >= 15 is 0 Å². The van der Waals surface area contributed by atoms with Gasteiger partial charge in [0.1, 0.15) is 0 Å². The van der Waals surface area contributed by atoms with Crippen LogP contribution >= 0.6 is 11.6 Å². The van der Waals surface area contributed by atoms with E-state index in [0.29, 0.717) is 6.54 Å². The van der Waals surface area contributed by atoms with Gasteiger partial charge in [0.25, 0.3) is 0 Å². The summed E-state index contributed by atoms with van der Waals surface area (Å²) in [5, 5.41) is 0.848. The van der Waals surface area contributed by atoms with Crippen molar-refractivity contribution >= 4 is 11.6 Å². The molecule has 1 aromatic rings. The number of hydrogen-bond donors (Lipinski definition) is 1. The largest absolute Gasteiger partial charge is 0.330 e. The molecule has 1 atom stereocenters. The van der Waals surface area contributed by atoms with Gasteiger partial charge in [-0.3, -0.25) is 0 Å². The van der Waals surface area contributed by atoms with Crippen molar-refractivity contribution in [3.63, 3.8) is 0 Å². The van der Waals surface area contributed by atoms with Crippen molar-refractivity contribution in [3.05, 3.63) is 34.9 Å². The Hall–Kier alpha value is -0.530. The number of halogens is 1. The zero-order valence-corrected chi connectivity index (χ0v) is 9.64. The lowest BCUT2D eigenvalue weighted by molar-refractivity contribution is 0.320. The van der Waals surface area contributed by atoms with E-state index in [4.69, 9.17) is 17.3 Å². The Balaban J connectivity index is 2.82. The fourth-order valence-electron chi connectivity index (χ4n) is 1.44. The van der Waals surface area contributed by atoms with Gasteiger partial charge in [-0.2, -0.15) is 0 Å². The topological polar surface area (TPSA) is 26.0 Å². The quantitative estimate of drug-likeness (QED) is 0.813. The molecule has 0 spiro atoms. The van der Waals surface area contributed by atoms with Crippen molar-refractivity contribution < 1.29 is 0 Å². The fourth-order valence-corrected chi connectivity index (χ4v) is 1.65. The van der Waals surface area contributed by atoms with Gasteiger partial charge in [0.15, 0.2) is 0 Å². The molecule has 0 heterocycles. The monoisotopic (exact) mass is 211 g/mol. The lowest BCUT2D eigenvalue weighted by Gasteiger charge is -2.26. The maximum absolute atomic E-state index is 6.10. The van der Waals surface area contributed by atoms with Gasteiger partial charge >= 0.3 is 0 Å². The van der Waals surface area contributed by atoms with Crippen LogP contribution in [0.5, 0.6) is 0 Å². The van der Waals surface area contributed by atoms with Crippen LogP contribution in [0.2, 0.25) is 5.02 Å². The lowest BCUT2D eigenvalue weighted by Crippen LogP contribution is -2.28. The summed E-state index contributed by atoms with van der Waals surface area (Å²) in [7, 11) is 0. The van der Waals surface area contributed by atoms with Crippen molar-refractivity contribution in [1.29, 1.82) is 0 Å². The smallest absolute Gasteiger partial charge is 0.0438 e. The molecule has 2 heteroatoms. The average molecular weight is 212 g/mol. The molecule has 0 aliphatic rings. The molecule has 0 bridgehead atoms. The molecule has 1 aromatic carbocycles. The van der Waals surface area contributed by atoms with E-state index in [1.165, 1.54) is 5.56 Å². The molecule has 14 heavy (non-hydrogen) atoms. The number of hydrogen-bond acceptors (Lipinski definition) is 1. The van der Waals surface area contributed by atoms with Gasteiger partial charge in [0, 0.05) is 5.02 Å². The van der Waals surface area contributed by atoms with E-state index in [2.05, 4.69) is 19.9 Å². The zero-order chi connectivity index (χ0) is 10.6. The van der Waals surface area contributed by atoms with Gasteiger partial charge in [0.2, 0.25) is 0 Å². The molecular weight excluding hydrogens is 194 g/mol. The third-order valence-electron chi connectivity index (χ3n) is 2.92. The van der Waals surface area contributed by atoms with Gasteiger partial charge in [-0.15, -0.1) is 0 Å². The minimum atomic E-state index is 0.172. The Morgan fingerprint density at radius 1 is 1.36 bits per heavy atom. The second-order valence-electron chi connectivity index (χ2n) is 4.14. The highest BCUT2D eigenvalue weighted by Crippen LogP contribution is 2.28. The van der Waals surface area contributed by atoms with E-state index in [1.54, 1.807) is 0 Å². The first kappa shape index (κ1) is 11.5. The minimum absolute atomic E-state index is 0.172. The molecule has 0 amide bonds. The molecule has 0 aliphatic carbocycles. The van der Waals surface area contributed by atoms with E-state index in [1.807, 2.05) is 18.2 Å². The first-order valence-electron chi connectivity index (χ1n) is 5.05. The molecule has 0 saturated carbocycles. The predicted octanol–water partition coefficient (Wildman–Crippen LogP) is 3.26. The van der Waals surface area contributed by atoms with E-state index in [0.717, 1.165) is 17.9 Å². The molecule has 2 N–H and O–H groups in total. The van der Waals surface area contributed by atoms with Crippen molar-refractivity contribution in [2.75, 3.05) is 6.54 Å². The summed E-state index contributed by atoms with van der Waals surface area (Å²) >= 11 is 6.10. The average Bonchev–Trinajstić information content (AvgIpc) is 2.21. The normalized spacial score (nSPS) is 15.1. The van der Waals surface area contributed by atoms with Crippen LogP contribution in [0, 0.1) is 5.41 Å². The molecule has 1 nitrogen and oxygen atoms in total. The van der Waals surface area contributed by atoms with Crippen LogP contribution in [0.3, 0.4) is 0 Å². The van der Waals surface area contributed by atoms with Crippen LogP contribution in [0.15, 0.2) is 24.3 Å². The van der Waals surface area contributed by atoms with E-state index in [-0.39, 0.29) is 5.41 Å². The van der Waals surface area contributed by atoms with Gasteiger partial charge in [-0.25, -0.2) is 0 Å². The van der Waals surface area contributed by atoms with Gasteiger partial charge in [-0.05, 0) is 36.4 Å². The second kappa shape index (κ2) is 4.81. The van der Waals surface area contributed by atoms with Gasteiger partial charge in [-0.1, -0.05) is 43.6 Å². The molecule has 0 aliphatic heterocycles. The Morgan fingerprint density at radius 3 is 2.50 bits per heavy atom. The molecular formula is C12H18ClN. The summed E-state index contributed by atoms with van der Waals surface area (Å²) in [6.07, 6.45) is 2.04. The van der Waals surface area contributed by atoms with Crippen molar-refractivity contribution in [3.8, 4) is 0 Å². The third-order valence-corrected chi connectivity index (χ3v) is 3.29. The molecule has 0 radical (unpaired) electrons. The maximum atomic E-state index is 6.10. The Labute approximate surface area is 91.3 Å². The van der Waals surface area contributed by atoms with Crippen LogP contribution < -0.4 is 5.73 Å². The molecule has 1 unspecified atom stereocenters. The summed E-state index contributed by atoms with van der Waals surface area (Å²) in [5.41, 5.74) is 7.14. The van der Waals surface area contributed by atoms with Crippen LogP contribution in [0.4, 0.5) is 0 Å². The van der Waals surface area contributed by atoms with Gasteiger partial charge < -0.3 is 5.73 Å². The standard InChI is InChI=1S/C12H18ClN/c1-3-12(2,9-14)8-10-6-4-5-7-11(10)13/h4-7H,3,8-9,14H2,1-2H3. The zero-order valence-electron chi connectivity index (χ0n) is 8.89.